The van der Waals surface area contributed by atoms with E-state index in [1.165, 1.54) is 55.3 Å². The third-order valence-corrected chi connectivity index (χ3v) is 5.94. The zero-order valence-corrected chi connectivity index (χ0v) is 12.8. The van der Waals surface area contributed by atoms with E-state index in [9.17, 15) is 0 Å². The maximum Gasteiger partial charge on any atom is 0.186 e. The summed E-state index contributed by atoms with van der Waals surface area (Å²) in [6, 6.07) is 8.49. The zero-order chi connectivity index (χ0) is 13.6. The van der Waals surface area contributed by atoms with Gasteiger partial charge in [0.25, 0.3) is 0 Å². The topological polar surface area (TPSA) is 19.4 Å². The van der Waals surface area contributed by atoms with E-state index in [-0.39, 0.29) is 0 Å². The second-order valence-electron chi connectivity index (χ2n) is 6.48. The van der Waals surface area contributed by atoms with Crippen LogP contribution in [0.4, 0.5) is 5.13 Å². The van der Waals surface area contributed by atoms with Crippen molar-refractivity contribution >= 4 is 26.7 Å². The highest BCUT2D eigenvalue weighted by Crippen LogP contribution is 2.41. The van der Waals surface area contributed by atoms with Crippen LogP contribution in [0.1, 0.15) is 19.3 Å². The lowest BCUT2D eigenvalue weighted by atomic mass is 9.79. The number of anilines is 1. The lowest BCUT2D eigenvalue weighted by molar-refractivity contribution is 0.234. The molecule has 106 valence electrons. The van der Waals surface area contributed by atoms with E-state index < -0.39 is 0 Å². The molecule has 2 saturated heterocycles. The number of nitrogens with zero attached hydrogens (tertiary/aromatic N) is 3. The molecule has 0 radical (unpaired) electrons. The average molecular weight is 287 g/mol. The van der Waals surface area contributed by atoms with Crippen LogP contribution in [0.2, 0.25) is 0 Å². The molecule has 2 aliphatic heterocycles. The predicted molar refractivity (Wildman–Crippen MR) is 85.6 cm³/mol. The maximum absolute atomic E-state index is 4.84. The summed E-state index contributed by atoms with van der Waals surface area (Å²) in [6.07, 6.45) is 4.05. The first kappa shape index (κ1) is 12.6. The molecule has 0 amide bonds. The Bertz CT molecular complexity index is 586. The van der Waals surface area contributed by atoms with E-state index in [0.717, 1.165) is 5.52 Å². The Kier molecular flexibility index (Phi) is 2.97. The molecule has 2 aromatic rings. The number of hydrogen-bond acceptors (Lipinski definition) is 4. The number of fused-ring (bicyclic) bond motifs is 1. The highest BCUT2D eigenvalue weighted by atomic mass is 32.1. The van der Waals surface area contributed by atoms with Crippen molar-refractivity contribution in [1.29, 1.82) is 0 Å². The van der Waals surface area contributed by atoms with Gasteiger partial charge in [-0.25, -0.2) is 4.98 Å². The van der Waals surface area contributed by atoms with E-state index in [4.69, 9.17) is 4.98 Å². The molecule has 1 aromatic heterocycles. The third kappa shape index (κ3) is 2.11. The Hall–Kier alpha value is -1.13. The first-order valence-electron chi connectivity index (χ1n) is 7.53. The van der Waals surface area contributed by atoms with Crippen LogP contribution in [0.5, 0.6) is 0 Å². The van der Waals surface area contributed by atoms with Crippen LogP contribution >= 0.6 is 11.3 Å². The summed E-state index contributed by atoms with van der Waals surface area (Å²) in [5, 5.41) is 1.22. The van der Waals surface area contributed by atoms with Gasteiger partial charge in [-0.2, -0.15) is 0 Å². The second kappa shape index (κ2) is 4.71. The van der Waals surface area contributed by atoms with Crippen molar-refractivity contribution in [2.45, 2.75) is 19.3 Å². The maximum atomic E-state index is 4.84. The summed E-state index contributed by atoms with van der Waals surface area (Å²) in [5.41, 5.74) is 1.67. The van der Waals surface area contributed by atoms with Gasteiger partial charge in [0.2, 0.25) is 0 Å². The summed E-state index contributed by atoms with van der Waals surface area (Å²) in [5.74, 6) is 0. The quantitative estimate of drug-likeness (QED) is 0.803. The van der Waals surface area contributed by atoms with E-state index in [0.29, 0.717) is 5.41 Å². The van der Waals surface area contributed by atoms with Crippen molar-refractivity contribution < 1.29 is 0 Å². The van der Waals surface area contributed by atoms with Crippen molar-refractivity contribution in [3.8, 4) is 0 Å². The molecule has 4 heteroatoms. The van der Waals surface area contributed by atoms with Gasteiger partial charge >= 0.3 is 0 Å². The lowest BCUT2D eigenvalue weighted by Gasteiger charge is -2.40. The molecule has 2 fully saturated rings. The molecule has 0 aliphatic carbocycles. The number of aromatic nitrogens is 1. The van der Waals surface area contributed by atoms with Crippen LogP contribution in [0.25, 0.3) is 10.2 Å². The van der Waals surface area contributed by atoms with Gasteiger partial charge < -0.3 is 9.80 Å². The molecule has 1 atom stereocenters. The van der Waals surface area contributed by atoms with Gasteiger partial charge in [0.05, 0.1) is 10.2 Å². The van der Waals surface area contributed by atoms with Gasteiger partial charge in [0.1, 0.15) is 0 Å². The predicted octanol–water partition coefficient (Wildman–Crippen LogP) is 3.22. The molecule has 4 rings (SSSR count). The SMILES string of the molecule is CN1CC[C@@]2(CCCN(c3nc4ccccc4s3)C2)C1. The number of rotatable bonds is 1. The van der Waals surface area contributed by atoms with Gasteiger partial charge in [0.15, 0.2) is 5.13 Å². The van der Waals surface area contributed by atoms with Gasteiger partial charge in [-0.15, -0.1) is 0 Å². The van der Waals surface area contributed by atoms with Crippen LogP contribution in [0.3, 0.4) is 0 Å². The Morgan fingerprint density at radius 2 is 2.05 bits per heavy atom. The molecule has 0 saturated carbocycles. The molecule has 0 bridgehead atoms. The van der Waals surface area contributed by atoms with E-state index in [1.54, 1.807) is 0 Å². The number of piperidine rings is 1. The number of para-hydroxylation sites is 1. The summed E-state index contributed by atoms with van der Waals surface area (Å²) < 4.78 is 1.31. The summed E-state index contributed by atoms with van der Waals surface area (Å²) in [4.78, 5) is 9.86. The highest BCUT2D eigenvalue weighted by Gasteiger charge is 2.40. The highest BCUT2D eigenvalue weighted by molar-refractivity contribution is 7.22. The zero-order valence-electron chi connectivity index (χ0n) is 12.0. The second-order valence-corrected chi connectivity index (χ2v) is 7.49. The van der Waals surface area contributed by atoms with E-state index in [2.05, 4.69) is 41.1 Å². The summed E-state index contributed by atoms with van der Waals surface area (Å²) >= 11 is 1.85. The van der Waals surface area contributed by atoms with Crippen molar-refractivity contribution in [2.24, 2.45) is 5.41 Å². The summed E-state index contributed by atoms with van der Waals surface area (Å²) in [7, 11) is 2.26. The normalized spacial score (nSPS) is 27.8. The van der Waals surface area contributed by atoms with Crippen LogP contribution < -0.4 is 4.90 Å². The lowest BCUT2D eigenvalue weighted by Crippen LogP contribution is -2.44. The van der Waals surface area contributed by atoms with Crippen LogP contribution in [0, 0.1) is 5.41 Å². The van der Waals surface area contributed by atoms with E-state index >= 15 is 0 Å². The van der Waals surface area contributed by atoms with Gasteiger partial charge in [-0.3, -0.25) is 0 Å². The Balaban J connectivity index is 1.61. The number of thiazole rings is 1. The van der Waals surface area contributed by atoms with Crippen LogP contribution in [-0.2, 0) is 0 Å². The first-order valence-corrected chi connectivity index (χ1v) is 8.35. The molecule has 2 aliphatic rings. The largest absolute Gasteiger partial charge is 0.347 e. The number of benzene rings is 1. The van der Waals surface area contributed by atoms with Crippen molar-refractivity contribution in [3.63, 3.8) is 0 Å². The molecular weight excluding hydrogens is 266 g/mol. The Labute approximate surface area is 124 Å². The summed E-state index contributed by atoms with van der Waals surface area (Å²) in [6.45, 7) is 4.88. The monoisotopic (exact) mass is 287 g/mol. The molecule has 1 spiro atoms. The van der Waals surface area contributed by atoms with Gasteiger partial charge in [0, 0.05) is 25.0 Å². The van der Waals surface area contributed by atoms with E-state index in [1.807, 2.05) is 11.3 Å². The van der Waals surface area contributed by atoms with Crippen molar-refractivity contribution in [3.05, 3.63) is 24.3 Å². The van der Waals surface area contributed by atoms with Gasteiger partial charge in [-0.05, 0) is 45.0 Å². The fourth-order valence-electron chi connectivity index (χ4n) is 3.86. The smallest absolute Gasteiger partial charge is 0.186 e. The van der Waals surface area contributed by atoms with Gasteiger partial charge in [-0.1, -0.05) is 23.5 Å². The Morgan fingerprint density at radius 1 is 1.15 bits per heavy atom. The minimum atomic E-state index is 0.519. The van der Waals surface area contributed by atoms with Crippen LogP contribution in [-0.4, -0.2) is 43.1 Å². The third-order valence-electron chi connectivity index (χ3n) is 4.84. The van der Waals surface area contributed by atoms with Crippen molar-refractivity contribution in [1.82, 2.24) is 9.88 Å². The molecule has 0 N–H and O–H groups in total. The molecule has 3 nitrogen and oxygen atoms in total. The number of hydrogen-bond donors (Lipinski definition) is 0. The number of likely N-dealkylation sites (tertiary alicyclic amines) is 1. The molecule has 1 aromatic carbocycles. The van der Waals surface area contributed by atoms with Crippen molar-refractivity contribution in [2.75, 3.05) is 38.1 Å². The van der Waals surface area contributed by atoms with Crippen LogP contribution in [0.15, 0.2) is 24.3 Å². The molecule has 0 unspecified atom stereocenters. The Morgan fingerprint density at radius 3 is 2.85 bits per heavy atom. The fraction of sp³-hybridized carbons (Fsp3) is 0.562. The molecule has 20 heavy (non-hydrogen) atoms. The average Bonchev–Trinajstić information content (AvgIpc) is 3.03. The minimum Gasteiger partial charge on any atom is -0.347 e. The molecular formula is C16H21N3S. The molecule has 3 heterocycles. The standard InChI is InChI=1S/C16H21N3S/c1-18-10-8-16(11-18)7-4-9-19(12-16)15-17-13-5-2-3-6-14(13)20-15/h2-3,5-6H,4,7-12H2,1H3/t16-/m0/s1. The first-order chi connectivity index (χ1) is 9.74. The minimum absolute atomic E-state index is 0.519. The fourth-order valence-corrected chi connectivity index (χ4v) is 4.85.